The van der Waals surface area contributed by atoms with E-state index in [4.69, 9.17) is 4.18 Å². The third-order valence-electron chi connectivity index (χ3n) is 3.04. The van der Waals surface area contributed by atoms with Gasteiger partial charge in [-0.3, -0.25) is 4.18 Å². The zero-order valence-corrected chi connectivity index (χ0v) is 12.5. The minimum absolute atomic E-state index is 0.0571. The van der Waals surface area contributed by atoms with Gasteiger partial charge in [0.15, 0.2) is 11.6 Å². The first kappa shape index (κ1) is 16.5. The summed E-state index contributed by atoms with van der Waals surface area (Å²) >= 11 is 0. The van der Waals surface area contributed by atoms with E-state index in [1.807, 2.05) is 0 Å². The lowest BCUT2D eigenvalue weighted by Gasteiger charge is -2.08. The van der Waals surface area contributed by atoms with Crippen molar-refractivity contribution in [1.82, 2.24) is 0 Å². The molecule has 0 aliphatic rings. The Hall–Kier alpha value is -1.86. The van der Waals surface area contributed by atoms with Gasteiger partial charge in [0.25, 0.3) is 10.1 Å². The maximum atomic E-state index is 13.4. The summed E-state index contributed by atoms with van der Waals surface area (Å²) in [6.07, 6.45) is -0.402. The Balaban J connectivity index is 2.08. The molecule has 0 radical (unpaired) electrons. The summed E-state index contributed by atoms with van der Waals surface area (Å²) in [5.74, 6) is -3.48. The van der Waals surface area contributed by atoms with E-state index in [1.165, 1.54) is 12.1 Å². The molecule has 0 bridgehead atoms. The van der Waals surface area contributed by atoms with E-state index >= 15 is 0 Å². The summed E-state index contributed by atoms with van der Waals surface area (Å²) in [5.41, 5.74) is 0.335. The minimum Gasteiger partial charge on any atom is -0.266 e. The van der Waals surface area contributed by atoms with E-state index in [2.05, 4.69) is 0 Å². The smallest absolute Gasteiger partial charge is 0.266 e. The van der Waals surface area contributed by atoms with Crippen LogP contribution in [-0.4, -0.2) is 15.0 Å². The standard InChI is InChI=1S/C15H13F3O3S/c1-10-2-4-11(5-3-10)22(19,20)21-9-8-12-13(16)6-7-14(17)15(12)18/h2-7H,8-9H2,1H3. The molecule has 0 spiro atoms. The van der Waals surface area contributed by atoms with Gasteiger partial charge >= 0.3 is 0 Å². The van der Waals surface area contributed by atoms with Gasteiger partial charge in [-0.25, -0.2) is 13.2 Å². The molecule has 0 saturated heterocycles. The third kappa shape index (κ3) is 3.66. The molecule has 2 aromatic rings. The van der Waals surface area contributed by atoms with Crippen molar-refractivity contribution in [2.24, 2.45) is 0 Å². The van der Waals surface area contributed by atoms with Crippen molar-refractivity contribution < 1.29 is 25.8 Å². The van der Waals surface area contributed by atoms with Crippen molar-refractivity contribution in [3.63, 3.8) is 0 Å². The molecule has 0 N–H and O–H groups in total. The molecular formula is C15H13F3O3S. The summed E-state index contributed by atoms with van der Waals surface area (Å²) in [7, 11) is -4.02. The van der Waals surface area contributed by atoms with Crippen LogP contribution in [0.5, 0.6) is 0 Å². The van der Waals surface area contributed by atoms with Crippen LogP contribution >= 0.6 is 0 Å². The molecule has 2 aromatic carbocycles. The normalized spacial score (nSPS) is 11.6. The Morgan fingerprint density at radius 2 is 1.55 bits per heavy atom. The molecule has 3 nitrogen and oxygen atoms in total. The molecule has 0 heterocycles. The molecule has 0 unspecified atom stereocenters. The number of hydrogen-bond donors (Lipinski definition) is 0. The van der Waals surface area contributed by atoms with Crippen LogP contribution in [0.3, 0.4) is 0 Å². The van der Waals surface area contributed by atoms with Gasteiger partial charge in [0.05, 0.1) is 11.5 Å². The molecular weight excluding hydrogens is 317 g/mol. The molecule has 0 amide bonds. The van der Waals surface area contributed by atoms with Gasteiger partial charge in [0.1, 0.15) is 5.82 Å². The van der Waals surface area contributed by atoms with Crippen LogP contribution < -0.4 is 0 Å². The predicted molar refractivity (Wildman–Crippen MR) is 74.3 cm³/mol. The monoisotopic (exact) mass is 330 g/mol. The molecule has 22 heavy (non-hydrogen) atoms. The average Bonchev–Trinajstić information content (AvgIpc) is 2.47. The minimum atomic E-state index is -4.02. The number of benzene rings is 2. The highest BCUT2D eigenvalue weighted by molar-refractivity contribution is 7.86. The highest BCUT2D eigenvalue weighted by Crippen LogP contribution is 2.18. The van der Waals surface area contributed by atoms with Crippen LogP contribution in [0.2, 0.25) is 0 Å². The first-order valence-corrected chi connectivity index (χ1v) is 7.80. The SMILES string of the molecule is Cc1ccc(S(=O)(=O)OCCc2c(F)ccc(F)c2F)cc1. The van der Waals surface area contributed by atoms with Crippen LogP contribution in [0.15, 0.2) is 41.3 Å². The molecule has 0 aliphatic heterocycles. The predicted octanol–water partition coefficient (Wildman–Crippen LogP) is 3.36. The van der Waals surface area contributed by atoms with Crippen molar-refractivity contribution in [3.05, 3.63) is 65.0 Å². The zero-order valence-electron chi connectivity index (χ0n) is 11.6. The van der Waals surface area contributed by atoms with E-state index < -0.39 is 46.2 Å². The average molecular weight is 330 g/mol. The Kier molecular flexibility index (Phi) is 4.87. The van der Waals surface area contributed by atoms with Crippen molar-refractivity contribution in [2.45, 2.75) is 18.2 Å². The van der Waals surface area contributed by atoms with Crippen molar-refractivity contribution in [3.8, 4) is 0 Å². The highest BCUT2D eigenvalue weighted by atomic mass is 32.2. The van der Waals surface area contributed by atoms with E-state index in [1.54, 1.807) is 19.1 Å². The number of hydrogen-bond acceptors (Lipinski definition) is 3. The zero-order chi connectivity index (χ0) is 16.3. The first-order chi connectivity index (χ1) is 10.3. The van der Waals surface area contributed by atoms with Gasteiger partial charge in [-0.1, -0.05) is 17.7 Å². The van der Waals surface area contributed by atoms with Crippen LogP contribution in [-0.2, 0) is 20.7 Å². The first-order valence-electron chi connectivity index (χ1n) is 6.40. The highest BCUT2D eigenvalue weighted by Gasteiger charge is 2.17. The molecule has 0 fully saturated rings. The fourth-order valence-corrected chi connectivity index (χ4v) is 2.73. The molecule has 0 aromatic heterocycles. The van der Waals surface area contributed by atoms with E-state index in [0.717, 1.165) is 11.6 Å². The van der Waals surface area contributed by atoms with Gasteiger partial charge < -0.3 is 0 Å². The van der Waals surface area contributed by atoms with Gasteiger partial charge in [-0.15, -0.1) is 0 Å². The maximum absolute atomic E-state index is 13.4. The fraction of sp³-hybridized carbons (Fsp3) is 0.200. The van der Waals surface area contributed by atoms with Crippen molar-refractivity contribution in [2.75, 3.05) is 6.61 Å². The van der Waals surface area contributed by atoms with Crippen molar-refractivity contribution in [1.29, 1.82) is 0 Å². The number of halogens is 3. The second kappa shape index (κ2) is 6.50. The summed E-state index contributed by atoms with van der Waals surface area (Å²) < 4.78 is 68.4. The fourth-order valence-electron chi connectivity index (χ4n) is 1.82. The Morgan fingerprint density at radius 3 is 2.18 bits per heavy atom. The number of aryl methyl sites for hydroxylation is 1. The maximum Gasteiger partial charge on any atom is 0.296 e. The second-order valence-corrected chi connectivity index (χ2v) is 6.28. The summed E-state index contributed by atoms with van der Waals surface area (Å²) in [6.45, 7) is 1.31. The molecule has 0 saturated carbocycles. The molecule has 7 heteroatoms. The van der Waals surface area contributed by atoms with Gasteiger partial charge in [-0.2, -0.15) is 8.42 Å². The lowest BCUT2D eigenvalue weighted by Crippen LogP contribution is -2.11. The Morgan fingerprint density at radius 1 is 0.955 bits per heavy atom. The molecule has 2 rings (SSSR count). The molecule has 0 aliphatic carbocycles. The van der Waals surface area contributed by atoms with Crippen molar-refractivity contribution >= 4 is 10.1 Å². The third-order valence-corrected chi connectivity index (χ3v) is 4.37. The van der Waals surface area contributed by atoms with E-state index in [0.29, 0.717) is 6.07 Å². The summed E-state index contributed by atoms with van der Waals surface area (Å²) in [5, 5.41) is 0. The molecule has 0 atom stereocenters. The lowest BCUT2D eigenvalue weighted by atomic mass is 10.1. The second-order valence-electron chi connectivity index (χ2n) is 4.66. The van der Waals surface area contributed by atoms with Crippen LogP contribution in [0.1, 0.15) is 11.1 Å². The quantitative estimate of drug-likeness (QED) is 0.624. The van der Waals surface area contributed by atoms with Crippen LogP contribution in [0.25, 0.3) is 0 Å². The largest absolute Gasteiger partial charge is 0.296 e. The lowest BCUT2D eigenvalue weighted by molar-refractivity contribution is 0.316. The van der Waals surface area contributed by atoms with Crippen LogP contribution in [0, 0.1) is 24.4 Å². The van der Waals surface area contributed by atoms with Gasteiger partial charge in [-0.05, 0) is 31.2 Å². The topological polar surface area (TPSA) is 43.4 Å². The summed E-state index contributed by atoms with van der Waals surface area (Å²) in [4.78, 5) is -0.0571. The van der Waals surface area contributed by atoms with E-state index in [-0.39, 0.29) is 4.90 Å². The van der Waals surface area contributed by atoms with Crippen LogP contribution in [0.4, 0.5) is 13.2 Å². The Bertz CT molecular complexity index is 771. The van der Waals surface area contributed by atoms with Gasteiger partial charge in [0.2, 0.25) is 0 Å². The summed E-state index contributed by atoms with van der Waals surface area (Å²) in [6, 6.07) is 7.38. The Labute approximate surface area is 126 Å². The van der Waals surface area contributed by atoms with Gasteiger partial charge in [0, 0.05) is 12.0 Å². The van der Waals surface area contributed by atoms with E-state index in [9.17, 15) is 21.6 Å². The number of rotatable bonds is 5. The molecule has 118 valence electrons.